The first-order chi connectivity index (χ1) is 8.79. The van der Waals surface area contributed by atoms with Gasteiger partial charge in [0.1, 0.15) is 0 Å². The topological polar surface area (TPSA) is 41.6 Å². The highest BCUT2D eigenvalue weighted by molar-refractivity contribution is 5.72. The lowest BCUT2D eigenvalue weighted by molar-refractivity contribution is -0.142. The number of anilines is 1. The van der Waals surface area contributed by atoms with E-state index in [4.69, 9.17) is 4.74 Å². The van der Waals surface area contributed by atoms with E-state index in [1.54, 1.807) is 0 Å². The summed E-state index contributed by atoms with van der Waals surface area (Å²) >= 11 is 0. The first-order valence-corrected chi connectivity index (χ1v) is 6.50. The monoisotopic (exact) mass is 248 g/mol. The summed E-state index contributed by atoms with van der Waals surface area (Å²) in [5.74, 6) is -0.160. The van der Waals surface area contributed by atoms with Gasteiger partial charge in [0, 0.05) is 31.9 Å². The highest BCUT2D eigenvalue weighted by Crippen LogP contribution is 2.16. The molecule has 0 unspecified atom stereocenters. The van der Waals surface area contributed by atoms with Gasteiger partial charge >= 0.3 is 5.97 Å². The summed E-state index contributed by atoms with van der Waals surface area (Å²) in [6.45, 7) is 6.41. The Bertz CT molecular complexity index is 383. The first-order valence-electron chi connectivity index (χ1n) is 6.50. The Morgan fingerprint density at radius 1 is 1.28 bits per heavy atom. The molecule has 98 valence electrons. The van der Waals surface area contributed by atoms with E-state index in [1.807, 2.05) is 19.1 Å². The average Bonchev–Trinajstić information content (AvgIpc) is 2.41. The maximum Gasteiger partial charge on any atom is 0.310 e. The van der Waals surface area contributed by atoms with E-state index in [1.165, 1.54) is 5.69 Å². The van der Waals surface area contributed by atoms with E-state index in [0.29, 0.717) is 13.0 Å². The fourth-order valence-corrected chi connectivity index (χ4v) is 2.13. The molecule has 0 saturated carbocycles. The molecule has 1 aromatic carbocycles. The molecule has 0 atom stereocenters. The highest BCUT2D eigenvalue weighted by Gasteiger charge is 2.10. The summed E-state index contributed by atoms with van der Waals surface area (Å²) in [5.41, 5.74) is 2.23. The Morgan fingerprint density at radius 2 is 1.94 bits per heavy atom. The molecule has 1 aliphatic rings. The van der Waals surface area contributed by atoms with Crippen LogP contribution in [-0.2, 0) is 16.0 Å². The number of nitrogens with zero attached hydrogens (tertiary/aromatic N) is 1. The fraction of sp³-hybridized carbons (Fsp3) is 0.500. The Morgan fingerprint density at radius 3 is 2.56 bits per heavy atom. The van der Waals surface area contributed by atoms with Crippen LogP contribution in [0.4, 0.5) is 5.69 Å². The Hall–Kier alpha value is -1.55. The van der Waals surface area contributed by atoms with Crippen molar-refractivity contribution >= 4 is 11.7 Å². The number of carbonyl (C=O) groups excluding carboxylic acids is 1. The van der Waals surface area contributed by atoms with Crippen molar-refractivity contribution in [2.75, 3.05) is 37.7 Å². The van der Waals surface area contributed by atoms with Gasteiger partial charge in [-0.1, -0.05) is 12.1 Å². The lowest BCUT2D eigenvalue weighted by Crippen LogP contribution is -2.43. The van der Waals surface area contributed by atoms with Gasteiger partial charge in [0.05, 0.1) is 13.0 Å². The van der Waals surface area contributed by atoms with E-state index < -0.39 is 0 Å². The maximum absolute atomic E-state index is 11.4. The van der Waals surface area contributed by atoms with Gasteiger partial charge in [-0.25, -0.2) is 0 Å². The van der Waals surface area contributed by atoms with Gasteiger partial charge in [-0.05, 0) is 24.6 Å². The Kier molecular flexibility index (Phi) is 4.59. The molecule has 0 aromatic heterocycles. The van der Waals surface area contributed by atoms with Crippen molar-refractivity contribution in [3.05, 3.63) is 29.8 Å². The number of carbonyl (C=O) groups is 1. The van der Waals surface area contributed by atoms with E-state index in [9.17, 15) is 4.79 Å². The summed E-state index contributed by atoms with van der Waals surface area (Å²) in [5, 5.41) is 3.33. The molecule has 1 saturated heterocycles. The molecular formula is C14H20N2O2. The summed E-state index contributed by atoms with van der Waals surface area (Å²) in [4.78, 5) is 13.7. The second-order valence-corrected chi connectivity index (χ2v) is 4.39. The van der Waals surface area contributed by atoms with Crippen LogP contribution < -0.4 is 10.2 Å². The summed E-state index contributed by atoms with van der Waals surface area (Å²) < 4.78 is 4.93. The van der Waals surface area contributed by atoms with Crippen LogP contribution in [0.1, 0.15) is 12.5 Å². The van der Waals surface area contributed by atoms with Crippen molar-refractivity contribution in [1.29, 1.82) is 0 Å². The zero-order chi connectivity index (χ0) is 12.8. The molecule has 0 spiro atoms. The molecule has 0 aliphatic carbocycles. The van der Waals surface area contributed by atoms with Crippen LogP contribution >= 0.6 is 0 Å². The molecule has 1 aromatic rings. The molecule has 2 rings (SSSR count). The Labute approximate surface area is 108 Å². The standard InChI is InChI=1S/C14H20N2O2/c1-2-18-14(17)11-12-3-5-13(6-4-12)16-9-7-15-8-10-16/h3-6,15H,2,7-11H2,1H3. The number of nitrogens with one attached hydrogen (secondary N) is 1. The number of hydrogen-bond acceptors (Lipinski definition) is 4. The van der Waals surface area contributed by atoms with Crippen molar-refractivity contribution in [3.63, 3.8) is 0 Å². The number of esters is 1. The summed E-state index contributed by atoms with van der Waals surface area (Å²) in [7, 11) is 0. The predicted molar refractivity (Wildman–Crippen MR) is 71.9 cm³/mol. The van der Waals surface area contributed by atoms with Crippen LogP contribution in [0.5, 0.6) is 0 Å². The average molecular weight is 248 g/mol. The van der Waals surface area contributed by atoms with Gasteiger partial charge in [-0.3, -0.25) is 4.79 Å². The maximum atomic E-state index is 11.4. The smallest absolute Gasteiger partial charge is 0.310 e. The second kappa shape index (κ2) is 6.40. The molecule has 1 heterocycles. The normalized spacial score (nSPS) is 15.5. The molecule has 1 fully saturated rings. The number of ether oxygens (including phenoxy) is 1. The molecule has 0 amide bonds. The van der Waals surface area contributed by atoms with Gasteiger partial charge < -0.3 is 15.0 Å². The van der Waals surface area contributed by atoms with Gasteiger partial charge in [0.2, 0.25) is 0 Å². The predicted octanol–water partition coefficient (Wildman–Crippen LogP) is 1.20. The zero-order valence-corrected chi connectivity index (χ0v) is 10.8. The minimum atomic E-state index is -0.160. The van der Waals surface area contributed by atoms with E-state index in [2.05, 4.69) is 22.3 Å². The highest BCUT2D eigenvalue weighted by atomic mass is 16.5. The lowest BCUT2D eigenvalue weighted by atomic mass is 10.1. The van der Waals surface area contributed by atoms with E-state index in [0.717, 1.165) is 31.7 Å². The third-order valence-corrected chi connectivity index (χ3v) is 3.07. The van der Waals surface area contributed by atoms with Crippen molar-refractivity contribution in [3.8, 4) is 0 Å². The zero-order valence-electron chi connectivity index (χ0n) is 10.8. The SMILES string of the molecule is CCOC(=O)Cc1ccc(N2CCNCC2)cc1. The van der Waals surface area contributed by atoms with Crippen molar-refractivity contribution in [2.24, 2.45) is 0 Å². The molecule has 0 bridgehead atoms. The molecule has 4 nitrogen and oxygen atoms in total. The Balaban J connectivity index is 1.94. The number of hydrogen-bond donors (Lipinski definition) is 1. The first kappa shape index (κ1) is 12.9. The minimum absolute atomic E-state index is 0.160. The van der Waals surface area contributed by atoms with Crippen molar-refractivity contribution in [2.45, 2.75) is 13.3 Å². The van der Waals surface area contributed by atoms with Crippen LogP contribution in [0.2, 0.25) is 0 Å². The molecular weight excluding hydrogens is 228 g/mol. The third kappa shape index (κ3) is 3.47. The van der Waals surface area contributed by atoms with Gasteiger partial charge in [0.25, 0.3) is 0 Å². The van der Waals surface area contributed by atoms with Crippen LogP contribution in [0.25, 0.3) is 0 Å². The molecule has 18 heavy (non-hydrogen) atoms. The van der Waals surface area contributed by atoms with E-state index >= 15 is 0 Å². The number of piperazine rings is 1. The van der Waals surface area contributed by atoms with Crippen LogP contribution in [0.3, 0.4) is 0 Å². The fourth-order valence-electron chi connectivity index (χ4n) is 2.13. The van der Waals surface area contributed by atoms with Gasteiger partial charge in [-0.2, -0.15) is 0 Å². The van der Waals surface area contributed by atoms with Gasteiger partial charge in [0.15, 0.2) is 0 Å². The van der Waals surface area contributed by atoms with E-state index in [-0.39, 0.29) is 5.97 Å². The minimum Gasteiger partial charge on any atom is -0.466 e. The summed E-state index contributed by atoms with van der Waals surface area (Å²) in [6, 6.07) is 8.18. The molecule has 0 radical (unpaired) electrons. The van der Waals surface area contributed by atoms with Crippen molar-refractivity contribution < 1.29 is 9.53 Å². The lowest BCUT2D eigenvalue weighted by Gasteiger charge is -2.29. The molecule has 4 heteroatoms. The van der Waals surface area contributed by atoms with Crippen LogP contribution in [-0.4, -0.2) is 38.8 Å². The van der Waals surface area contributed by atoms with Crippen LogP contribution in [0, 0.1) is 0 Å². The van der Waals surface area contributed by atoms with Crippen molar-refractivity contribution in [1.82, 2.24) is 5.32 Å². The largest absolute Gasteiger partial charge is 0.466 e. The van der Waals surface area contributed by atoms with Crippen LogP contribution in [0.15, 0.2) is 24.3 Å². The molecule has 1 N–H and O–H groups in total. The number of rotatable bonds is 4. The third-order valence-electron chi connectivity index (χ3n) is 3.07. The second-order valence-electron chi connectivity index (χ2n) is 4.39. The number of benzene rings is 1. The molecule has 1 aliphatic heterocycles. The quantitative estimate of drug-likeness (QED) is 0.813. The van der Waals surface area contributed by atoms with Gasteiger partial charge in [-0.15, -0.1) is 0 Å². The summed E-state index contributed by atoms with van der Waals surface area (Å²) in [6.07, 6.45) is 0.357.